The van der Waals surface area contributed by atoms with E-state index in [0.29, 0.717) is 17.1 Å². The highest BCUT2D eigenvalue weighted by Crippen LogP contribution is 2.10. The van der Waals surface area contributed by atoms with Gasteiger partial charge in [-0.15, -0.1) is 0 Å². The molecule has 2 rings (SSSR count). The topological polar surface area (TPSA) is 41.5 Å². The van der Waals surface area contributed by atoms with Crippen LogP contribution in [0.15, 0.2) is 29.3 Å². The monoisotopic (exact) mass is 271 g/mol. The SMILES string of the molecule is O=C(CNC1=NCCC1)c1ccc(Cl)cc1.[Cl-]. The fraction of sp³-hybridized carbons (Fsp3) is 0.333. The number of hydrogen-bond acceptors (Lipinski definition) is 3. The Bertz CT molecular complexity index is 415. The Labute approximate surface area is 112 Å². The summed E-state index contributed by atoms with van der Waals surface area (Å²) in [5, 5.41) is 3.71. The molecule has 92 valence electrons. The standard InChI is InChI=1S/C12H13ClN2O.ClH/c13-10-5-3-9(4-6-10)11(16)8-15-12-2-1-7-14-12;/h3-6H,1-2,7-8H2,(H,14,15);1H/p-1. The average Bonchev–Trinajstić information content (AvgIpc) is 2.80. The lowest BCUT2D eigenvalue weighted by atomic mass is 10.1. The van der Waals surface area contributed by atoms with E-state index in [1.54, 1.807) is 24.3 Å². The number of hydrogen-bond donors (Lipinski definition) is 1. The van der Waals surface area contributed by atoms with E-state index in [0.717, 1.165) is 25.2 Å². The molecule has 1 aliphatic heterocycles. The van der Waals surface area contributed by atoms with Crippen molar-refractivity contribution in [2.24, 2.45) is 4.99 Å². The molecule has 17 heavy (non-hydrogen) atoms. The first-order chi connectivity index (χ1) is 7.75. The fourth-order valence-corrected chi connectivity index (χ4v) is 1.73. The molecule has 0 bridgehead atoms. The number of halogens is 2. The van der Waals surface area contributed by atoms with Gasteiger partial charge in [0.15, 0.2) is 5.78 Å². The van der Waals surface area contributed by atoms with E-state index < -0.39 is 0 Å². The minimum Gasteiger partial charge on any atom is -1.00 e. The first-order valence-electron chi connectivity index (χ1n) is 5.31. The molecule has 1 aromatic carbocycles. The third-order valence-electron chi connectivity index (χ3n) is 2.49. The van der Waals surface area contributed by atoms with E-state index in [1.165, 1.54) is 0 Å². The van der Waals surface area contributed by atoms with Crippen molar-refractivity contribution in [1.82, 2.24) is 5.32 Å². The van der Waals surface area contributed by atoms with Crippen LogP contribution in [0.4, 0.5) is 0 Å². The molecule has 0 fully saturated rings. The average molecular weight is 272 g/mol. The van der Waals surface area contributed by atoms with Crippen LogP contribution in [-0.4, -0.2) is 24.7 Å². The summed E-state index contributed by atoms with van der Waals surface area (Å²) in [6, 6.07) is 6.93. The van der Waals surface area contributed by atoms with Crippen LogP contribution in [0.5, 0.6) is 0 Å². The Balaban J connectivity index is 0.00000144. The van der Waals surface area contributed by atoms with Crippen LogP contribution in [0.25, 0.3) is 0 Å². The van der Waals surface area contributed by atoms with Gasteiger partial charge in [-0.05, 0) is 30.7 Å². The molecule has 1 aromatic rings. The normalized spacial score (nSPS) is 13.8. The van der Waals surface area contributed by atoms with Gasteiger partial charge in [0, 0.05) is 23.6 Å². The molecular formula is C12H13Cl2N2O-. The number of Topliss-reactive ketones (excluding diaryl/α,β-unsaturated/α-hetero) is 1. The van der Waals surface area contributed by atoms with Crippen LogP contribution in [0, 0.1) is 0 Å². The van der Waals surface area contributed by atoms with Gasteiger partial charge in [-0.2, -0.15) is 0 Å². The predicted octanol–water partition coefficient (Wildman–Crippen LogP) is -0.691. The smallest absolute Gasteiger partial charge is 0.181 e. The van der Waals surface area contributed by atoms with Gasteiger partial charge in [-0.25, -0.2) is 0 Å². The number of nitrogens with one attached hydrogen (secondary N) is 1. The number of carbonyl (C=O) groups is 1. The van der Waals surface area contributed by atoms with Crippen LogP contribution in [-0.2, 0) is 0 Å². The van der Waals surface area contributed by atoms with E-state index in [-0.39, 0.29) is 18.2 Å². The van der Waals surface area contributed by atoms with Gasteiger partial charge in [0.25, 0.3) is 0 Å². The minimum atomic E-state index is 0. The molecule has 0 amide bonds. The second-order valence-electron chi connectivity index (χ2n) is 3.72. The second-order valence-corrected chi connectivity index (χ2v) is 4.15. The summed E-state index contributed by atoms with van der Waals surface area (Å²) >= 11 is 5.75. The van der Waals surface area contributed by atoms with Gasteiger partial charge in [-0.3, -0.25) is 9.79 Å². The maximum Gasteiger partial charge on any atom is 0.181 e. The number of benzene rings is 1. The molecular weight excluding hydrogens is 259 g/mol. The molecule has 1 aliphatic rings. The third-order valence-corrected chi connectivity index (χ3v) is 2.75. The second kappa shape index (κ2) is 6.62. The molecule has 1 heterocycles. The summed E-state index contributed by atoms with van der Waals surface area (Å²) < 4.78 is 0. The number of ketones is 1. The largest absolute Gasteiger partial charge is 1.00 e. The highest BCUT2D eigenvalue weighted by Gasteiger charge is 2.09. The quantitative estimate of drug-likeness (QED) is 0.740. The lowest BCUT2D eigenvalue weighted by Gasteiger charge is -2.04. The van der Waals surface area contributed by atoms with Crippen molar-refractivity contribution in [3.63, 3.8) is 0 Å². The van der Waals surface area contributed by atoms with Gasteiger partial charge < -0.3 is 17.7 Å². The Morgan fingerprint density at radius 3 is 2.65 bits per heavy atom. The van der Waals surface area contributed by atoms with Crippen molar-refractivity contribution in [1.29, 1.82) is 0 Å². The molecule has 5 heteroatoms. The summed E-state index contributed by atoms with van der Waals surface area (Å²) in [4.78, 5) is 16.0. The molecule has 0 unspecified atom stereocenters. The van der Waals surface area contributed by atoms with Crippen molar-refractivity contribution in [2.75, 3.05) is 13.1 Å². The lowest BCUT2D eigenvalue weighted by Crippen LogP contribution is -3.00. The van der Waals surface area contributed by atoms with E-state index in [4.69, 9.17) is 11.6 Å². The van der Waals surface area contributed by atoms with Gasteiger partial charge >= 0.3 is 0 Å². The summed E-state index contributed by atoms with van der Waals surface area (Å²) in [7, 11) is 0. The first-order valence-corrected chi connectivity index (χ1v) is 5.69. The van der Waals surface area contributed by atoms with Crippen LogP contribution in [0.3, 0.4) is 0 Å². The van der Waals surface area contributed by atoms with Gasteiger partial charge in [-0.1, -0.05) is 11.6 Å². The zero-order chi connectivity index (χ0) is 11.4. The number of carbonyl (C=O) groups excluding carboxylic acids is 1. The maximum atomic E-state index is 11.8. The molecule has 0 spiro atoms. The summed E-state index contributed by atoms with van der Waals surface area (Å²) in [6.07, 6.45) is 2.03. The van der Waals surface area contributed by atoms with E-state index in [2.05, 4.69) is 10.3 Å². The van der Waals surface area contributed by atoms with Crippen LogP contribution in [0.1, 0.15) is 23.2 Å². The molecule has 0 aromatic heterocycles. The summed E-state index contributed by atoms with van der Waals surface area (Å²) in [6.45, 7) is 1.18. The van der Waals surface area contributed by atoms with Gasteiger partial charge in [0.05, 0.1) is 12.4 Å². The van der Waals surface area contributed by atoms with Gasteiger partial charge in [0.2, 0.25) is 0 Å². The molecule has 0 saturated heterocycles. The highest BCUT2D eigenvalue weighted by atomic mass is 35.5. The van der Waals surface area contributed by atoms with E-state index in [9.17, 15) is 4.79 Å². The fourth-order valence-electron chi connectivity index (χ4n) is 1.60. The Kier molecular flexibility index (Phi) is 5.45. The lowest BCUT2D eigenvalue weighted by molar-refractivity contribution is -0.0000109. The number of rotatable bonds is 3. The Morgan fingerprint density at radius 1 is 1.35 bits per heavy atom. The van der Waals surface area contributed by atoms with Crippen molar-refractivity contribution in [2.45, 2.75) is 12.8 Å². The molecule has 1 N–H and O–H groups in total. The Morgan fingerprint density at radius 2 is 2.06 bits per heavy atom. The Hall–Kier alpha value is -1.06. The van der Waals surface area contributed by atoms with Crippen LogP contribution < -0.4 is 17.7 Å². The van der Waals surface area contributed by atoms with E-state index in [1.807, 2.05) is 0 Å². The molecule has 3 nitrogen and oxygen atoms in total. The van der Waals surface area contributed by atoms with Crippen molar-refractivity contribution < 1.29 is 17.2 Å². The zero-order valence-corrected chi connectivity index (χ0v) is 10.8. The first kappa shape index (κ1) is 14.0. The van der Waals surface area contributed by atoms with E-state index >= 15 is 0 Å². The van der Waals surface area contributed by atoms with Crippen molar-refractivity contribution in [3.05, 3.63) is 34.9 Å². The summed E-state index contributed by atoms with van der Waals surface area (Å²) in [5.74, 6) is 1.01. The van der Waals surface area contributed by atoms with Crippen LogP contribution in [0.2, 0.25) is 5.02 Å². The number of nitrogens with zero attached hydrogens (tertiary/aromatic N) is 1. The number of aliphatic imine (C=N–C) groups is 1. The molecule has 0 aliphatic carbocycles. The minimum absolute atomic E-state index is 0. The van der Waals surface area contributed by atoms with Crippen molar-refractivity contribution in [3.8, 4) is 0 Å². The van der Waals surface area contributed by atoms with Crippen LogP contribution >= 0.6 is 11.6 Å². The van der Waals surface area contributed by atoms with Crippen molar-refractivity contribution >= 4 is 23.2 Å². The molecule has 0 saturated carbocycles. The zero-order valence-electron chi connectivity index (χ0n) is 9.25. The molecule has 0 atom stereocenters. The summed E-state index contributed by atoms with van der Waals surface area (Å²) in [5.41, 5.74) is 0.676. The predicted molar refractivity (Wildman–Crippen MR) is 65.3 cm³/mol. The highest BCUT2D eigenvalue weighted by molar-refractivity contribution is 6.30. The third kappa shape index (κ3) is 4.02. The maximum absolute atomic E-state index is 11.8. The van der Waals surface area contributed by atoms with Gasteiger partial charge in [0.1, 0.15) is 0 Å². The number of amidine groups is 1. The molecule has 0 radical (unpaired) electrons.